The minimum Gasteiger partial charge on any atom is -0.480 e. The fourth-order valence-electron chi connectivity index (χ4n) is 2.69. The second-order valence-corrected chi connectivity index (χ2v) is 4.29. The fraction of sp³-hybridized carbons (Fsp3) is 0.900. The van der Waals surface area contributed by atoms with Gasteiger partial charge in [0, 0.05) is 6.04 Å². The van der Waals surface area contributed by atoms with E-state index in [1.165, 1.54) is 25.7 Å². The molecule has 0 spiro atoms. The molecule has 0 amide bonds. The minimum atomic E-state index is -0.677. The van der Waals surface area contributed by atoms with Gasteiger partial charge in [-0.15, -0.1) is 0 Å². The lowest BCUT2D eigenvalue weighted by Crippen LogP contribution is -2.51. The number of hydrogen-bond donors (Lipinski definition) is 2. The molecule has 0 radical (unpaired) electrons. The third-order valence-corrected chi connectivity index (χ3v) is 3.45. The maximum atomic E-state index is 10.8. The van der Waals surface area contributed by atoms with Crippen molar-refractivity contribution in [1.29, 1.82) is 0 Å². The molecule has 2 rings (SSSR count). The van der Waals surface area contributed by atoms with Gasteiger partial charge < -0.3 is 10.4 Å². The first-order chi connectivity index (χ1) is 6.27. The van der Waals surface area contributed by atoms with Gasteiger partial charge in [-0.3, -0.25) is 4.79 Å². The van der Waals surface area contributed by atoms with Crippen LogP contribution in [0.5, 0.6) is 0 Å². The first kappa shape index (κ1) is 9.00. The van der Waals surface area contributed by atoms with Crippen LogP contribution in [0, 0.1) is 5.92 Å². The van der Waals surface area contributed by atoms with Gasteiger partial charge in [0.05, 0.1) is 0 Å². The van der Waals surface area contributed by atoms with Crippen molar-refractivity contribution < 1.29 is 9.90 Å². The molecular weight excluding hydrogens is 166 g/mol. The van der Waals surface area contributed by atoms with Crippen LogP contribution < -0.4 is 5.32 Å². The van der Waals surface area contributed by atoms with Crippen molar-refractivity contribution in [3.8, 4) is 0 Å². The standard InChI is InChI=1S/C10H17NO2/c12-10(13)9-6-5-7-3-1-2-4-8(7)11-9/h7-9,11H,1-6H2,(H,12,13)/t7-,8-,9-/m1/s1. The molecule has 1 heterocycles. The Morgan fingerprint density at radius 3 is 2.69 bits per heavy atom. The molecule has 1 aliphatic heterocycles. The second-order valence-electron chi connectivity index (χ2n) is 4.29. The number of carboxylic acids is 1. The quantitative estimate of drug-likeness (QED) is 0.645. The maximum absolute atomic E-state index is 10.8. The number of carbonyl (C=O) groups is 1. The number of carboxylic acid groups (broad SMARTS) is 1. The van der Waals surface area contributed by atoms with E-state index in [0.717, 1.165) is 18.8 Å². The highest BCUT2D eigenvalue weighted by molar-refractivity contribution is 5.73. The minimum absolute atomic E-state index is 0.278. The summed E-state index contributed by atoms with van der Waals surface area (Å²) < 4.78 is 0. The lowest BCUT2D eigenvalue weighted by Gasteiger charge is -2.39. The van der Waals surface area contributed by atoms with E-state index in [2.05, 4.69) is 5.32 Å². The summed E-state index contributed by atoms with van der Waals surface area (Å²) in [6.07, 6.45) is 6.99. The number of fused-ring (bicyclic) bond motifs is 1. The van der Waals surface area contributed by atoms with E-state index >= 15 is 0 Å². The van der Waals surface area contributed by atoms with E-state index < -0.39 is 5.97 Å². The fourth-order valence-corrected chi connectivity index (χ4v) is 2.69. The summed E-state index contributed by atoms with van der Waals surface area (Å²) in [4.78, 5) is 10.8. The van der Waals surface area contributed by atoms with Crippen LogP contribution in [0.15, 0.2) is 0 Å². The Labute approximate surface area is 78.5 Å². The van der Waals surface area contributed by atoms with Crippen molar-refractivity contribution in [2.24, 2.45) is 5.92 Å². The van der Waals surface area contributed by atoms with Crippen LogP contribution in [-0.4, -0.2) is 23.2 Å². The highest BCUT2D eigenvalue weighted by Crippen LogP contribution is 2.32. The first-order valence-corrected chi connectivity index (χ1v) is 5.26. The topological polar surface area (TPSA) is 49.3 Å². The summed E-state index contributed by atoms with van der Waals surface area (Å²) in [7, 11) is 0. The van der Waals surface area contributed by atoms with Gasteiger partial charge >= 0.3 is 5.97 Å². The van der Waals surface area contributed by atoms with Gasteiger partial charge in [-0.05, 0) is 31.6 Å². The predicted molar refractivity (Wildman–Crippen MR) is 49.5 cm³/mol. The molecule has 1 aliphatic carbocycles. The summed E-state index contributed by atoms with van der Waals surface area (Å²) in [6, 6.07) is 0.211. The van der Waals surface area contributed by atoms with Gasteiger partial charge in [-0.25, -0.2) is 0 Å². The molecule has 3 heteroatoms. The Morgan fingerprint density at radius 1 is 1.15 bits per heavy atom. The van der Waals surface area contributed by atoms with Crippen molar-refractivity contribution in [3.05, 3.63) is 0 Å². The maximum Gasteiger partial charge on any atom is 0.320 e. The van der Waals surface area contributed by atoms with Crippen LogP contribution in [0.4, 0.5) is 0 Å². The third-order valence-electron chi connectivity index (χ3n) is 3.45. The van der Waals surface area contributed by atoms with Crippen LogP contribution in [0.2, 0.25) is 0 Å². The highest BCUT2D eigenvalue weighted by atomic mass is 16.4. The Morgan fingerprint density at radius 2 is 1.92 bits per heavy atom. The van der Waals surface area contributed by atoms with Crippen LogP contribution in [-0.2, 0) is 4.79 Å². The van der Waals surface area contributed by atoms with Crippen LogP contribution in [0.3, 0.4) is 0 Å². The average molecular weight is 183 g/mol. The molecule has 1 saturated heterocycles. The van der Waals surface area contributed by atoms with Gasteiger partial charge in [0.2, 0.25) is 0 Å². The normalized spacial score (nSPS) is 39.5. The van der Waals surface area contributed by atoms with Gasteiger partial charge in [-0.2, -0.15) is 0 Å². The molecule has 2 aliphatic rings. The van der Waals surface area contributed by atoms with Crippen LogP contribution in [0.1, 0.15) is 38.5 Å². The number of nitrogens with one attached hydrogen (secondary N) is 1. The molecule has 3 nitrogen and oxygen atoms in total. The van der Waals surface area contributed by atoms with Gasteiger partial charge in [0.1, 0.15) is 6.04 Å². The van der Waals surface area contributed by atoms with Crippen LogP contribution >= 0.6 is 0 Å². The zero-order valence-corrected chi connectivity index (χ0v) is 7.83. The number of rotatable bonds is 1. The summed E-state index contributed by atoms with van der Waals surface area (Å²) in [5.41, 5.74) is 0. The Hall–Kier alpha value is -0.570. The number of hydrogen-bond acceptors (Lipinski definition) is 2. The molecule has 0 bridgehead atoms. The third kappa shape index (κ3) is 1.85. The molecule has 74 valence electrons. The largest absolute Gasteiger partial charge is 0.480 e. The van der Waals surface area contributed by atoms with E-state index in [0.29, 0.717) is 6.04 Å². The summed E-state index contributed by atoms with van der Waals surface area (Å²) >= 11 is 0. The predicted octanol–water partition coefficient (Wildman–Crippen LogP) is 1.38. The van der Waals surface area contributed by atoms with E-state index in [1.807, 2.05) is 0 Å². The number of piperidine rings is 1. The van der Waals surface area contributed by atoms with Gasteiger partial charge in [-0.1, -0.05) is 12.8 Å². The molecule has 0 aromatic heterocycles. The Balaban J connectivity index is 1.95. The SMILES string of the molecule is O=C(O)[C@H]1CC[C@H]2CCCC[C@H]2N1. The monoisotopic (exact) mass is 183 g/mol. The average Bonchev–Trinajstić information content (AvgIpc) is 2.17. The molecule has 1 saturated carbocycles. The molecule has 2 N–H and O–H groups in total. The number of aliphatic carboxylic acids is 1. The summed E-state index contributed by atoms with van der Waals surface area (Å²) in [5.74, 6) is 0.0772. The lowest BCUT2D eigenvalue weighted by molar-refractivity contribution is -0.141. The lowest BCUT2D eigenvalue weighted by atomic mass is 9.78. The zero-order valence-electron chi connectivity index (χ0n) is 7.83. The van der Waals surface area contributed by atoms with E-state index in [-0.39, 0.29) is 6.04 Å². The Kier molecular flexibility index (Phi) is 2.54. The van der Waals surface area contributed by atoms with E-state index in [9.17, 15) is 4.79 Å². The second kappa shape index (κ2) is 3.66. The molecule has 3 atom stereocenters. The van der Waals surface area contributed by atoms with E-state index in [1.54, 1.807) is 0 Å². The molecule has 0 aromatic rings. The van der Waals surface area contributed by atoms with Gasteiger partial charge in [0.15, 0.2) is 0 Å². The van der Waals surface area contributed by atoms with Crippen molar-refractivity contribution in [2.75, 3.05) is 0 Å². The summed E-state index contributed by atoms with van der Waals surface area (Å²) in [6.45, 7) is 0. The van der Waals surface area contributed by atoms with Crippen molar-refractivity contribution in [2.45, 2.75) is 50.6 Å². The van der Waals surface area contributed by atoms with Crippen molar-refractivity contribution in [1.82, 2.24) is 5.32 Å². The Bertz CT molecular complexity index is 205. The molecule has 0 unspecified atom stereocenters. The molecular formula is C10H17NO2. The van der Waals surface area contributed by atoms with Crippen molar-refractivity contribution in [3.63, 3.8) is 0 Å². The highest BCUT2D eigenvalue weighted by Gasteiger charge is 2.34. The molecule has 2 fully saturated rings. The zero-order chi connectivity index (χ0) is 9.26. The molecule has 13 heavy (non-hydrogen) atoms. The van der Waals surface area contributed by atoms with E-state index in [4.69, 9.17) is 5.11 Å². The van der Waals surface area contributed by atoms with Crippen molar-refractivity contribution >= 4 is 5.97 Å². The smallest absolute Gasteiger partial charge is 0.320 e. The first-order valence-electron chi connectivity index (χ1n) is 5.26. The van der Waals surface area contributed by atoms with Crippen LogP contribution in [0.25, 0.3) is 0 Å². The summed E-state index contributed by atoms with van der Waals surface area (Å²) in [5, 5.41) is 12.1. The van der Waals surface area contributed by atoms with Gasteiger partial charge in [0.25, 0.3) is 0 Å². The molecule has 0 aromatic carbocycles.